The van der Waals surface area contributed by atoms with Gasteiger partial charge in [0.05, 0.1) is 5.56 Å². The molecule has 2 aliphatic heterocycles. The lowest BCUT2D eigenvalue weighted by Crippen LogP contribution is -2.54. The van der Waals surface area contributed by atoms with Crippen molar-refractivity contribution in [2.24, 2.45) is 5.92 Å². The third-order valence-electron chi connectivity index (χ3n) is 6.21. The fraction of sp³-hybridized carbons (Fsp3) is 0.364. The van der Waals surface area contributed by atoms with E-state index in [1.165, 1.54) is 11.0 Å². The number of hydrogen-bond acceptors (Lipinski definition) is 6. The first kappa shape index (κ1) is 22.2. The fourth-order valence-electron chi connectivity index (χ4n) is 4.89. The predicted molar refractivity (Wildman–Crippen MR) is 118 cm³/mol. The van der Waals surface area contributed by atoms with Gasteiger partial charge in [0.15, 0.2) is 0 Å². The van der Waals surface area contributed by atoms with Crippen molar-refractivity contribution in [3.8, 4) is 0 Å². The smallest absolute Gasteiger partial charge is 0.290 e. The van der Waals surface area contributed by atoms with Gasteiger partial charge in [0.2, 0.25) is 5.91 Å². The lowest BCUT2D eigenvalue weighted by molar-refractivity contribution is -0.135. The molecule has 2 aliphatic rings. The molecular formula is C22H24N6O5. The molecule has 1 aromatic carbocycles. The van der Waals surface area contributed by atoms with Crippen LogP contribution in [0.5, 0.6) is 0 Å². The third kappa shape index (κ3) is 3.86. The van der Waals surface area contributed by atoms with Crippen LogP contribution >= 0.6 is 0 Å². The Bertz CT molecular complexity index is 1270. The second-order valence-corrected chi connectivity index (χ2v) is 8.34. The number of aromatic nitrogens is 4. The van der Waals surface area contributed by atoms with Crippen LogP contribution in [0.4, 0.5) is 0 Å². The van der Waals surface area contributed by atoms with Crippen LogP contribution in [0.15, 0.2) is 41.2 Å². The molecule has 172 valence electrons. The maximum atomic E-state index is 13.4. The number of aromatic amines is 1. The number of fused-ring (bicyclic) bond motifs is 5. The van der Waals surface area contributed by atoms with Gasteiger partial charge >= 0.3 is 0 Å². The minimum atomic E-state index is -0.613. The monoisotopic (exact) mass is 452 g/mol. The van der Waals surface area contributed by atoms with Crippen molar-refractivity contribution in [3.05, 3.63) is 58.0 Å². The Balaban J connectivity index is 0.000000821. The first-order chi connectivity index (χ1) is 15.9. The molecule has 5 rings (SSSR count). The van der Waals surface area contributed by atoms with E-state index < -0.39 is 6.04 Å². The van der Waals surface area contributed by atoms with Crippen molar-refractivity contribution in [2.45, 2.75) is 18.4 Å². The molecule has 11 nitrogen and oxygen atoms in total. The SMILES string of the molecule is CN(C)C(=O)[C@H]1[C@H]2C[C@H](CN(C(=O)c3cccc4n[nH]nc34)C2)c2cccc(=O)n21.O=CO. The summed E-state index contributed by atoms with van der Waals surface area (Å²) in [6.45, 7) is 0.657. The normalized spacial score (nSPS) is 20.9. The minimum Gasteiger partial charge on any atom is -0.483 e. The quantitative estimate of drug-likeness (QED) is 0.545. The number of benzene rings is 1. The van der Waals surface area contributed by atoms with Crippen LogP contribution in [0, 0.1) is 5.92 Å². The number of carboxylic acid groups (broad SMARTS) is 1. The number of H-pyrrole nitrogens is 1. The first-order valence-electron chi connectivity index (χ1n) is 10.5. The molecular weight excluding hydrogens is 428 g/mol. The maximum absolute atomic E-state index is 13.4. The zero-order valence-electron chi connectivity index (χ0n) is 18.2. The van der Waals surface area contributed by atoms with Gasteiger partial charge in [0, 0.05) is 50.8 Å². The molecule has 2 amide bonds. The lowest BCUT2D eigenvalue weighted by atomic mass is 9.77. The lowest BCUT2D eigenvalue weighted by Gasteiger charge is -2.46. The van der Waals surface area contributed by atoms with Gasteiger partial charge in [-0.15, -0.1) is 0 Å². The van der Waals surface area contributed by atoms with Gasteiger partial charge in [-0.2, -0.15) is 15.4 Å². The third-order valence-corrected chi connectivity index (χ3v) is 6.21. The van der Waals surface area contributed by atoms with Crippen molar-refractivity contribution < 1.29 is 19.5 Å². The van der Waals surface area contributed by atoms with E-state index in [1.807, 2.05) is 6.07 Å². The number of hydrogen-bond donors (Lipinski definition) is 2. The molecule has 3 atom stereocenters. The van der Waals surface area contributed by atoms with Crippen LogP contribution in [0.2, 0.25) is 0 Å². The van der Waals surface area contributed by atoms with E-state index in [0.717, 1.165) is 12.1 Å². The molecule has 11 heteroatoms. The van der Waals surface area contributed by atoms with Gasteiger partial charge in [0.1, 0.15) is 17.1 Å². The highest BCUT2D eigenvalue weighted by Crippen LogP contribution is 2.42. The zero-order valence-corrected chi connectivity index (χ0v) is 18.2. The van der Waals surface area contributed by atoms with Crippen LogP contribution < -0.4 is 5.56 Å². The number of para-hydroxylation sites is 1. The summed E-state index contributed by atoms with van der Waals surface area (Å²) in [5.41, 5.74) is 2.30. The number of carbonyl (C=O) groups excluding carboxylic acids is 2. The molecule has 0 unspecified atom stereocenters. The van der Waals surface area contributed by atoms with Crippen LogP contribution in [0.3, 0.4) is 0 Å². The average Bonchev–Trinajstić information content (AvgIpc) is 3.28. The van der Waals surface area contributed by atoms with Crippen molar-refractivity contribution in [3.63, 3.8) is 0 Å². The molecule has 0 radical (unpaired) electrons. The molecule has 2 bridgehead atoms. The van der Waals surface area contributed by atoms with Gasteiger partial charge in [-0.25, -0.2) is 0 Å². The first-order valence-corrected chi connectivity index (χ1v) is 10.5. The Kier molecular flexibility index (Phi) is 5.95. The number of nitrogens with one attached hydrogen (secondary N) is 1. The minimum absolute atomic E-state index is 0.00400. The van der Waals surface area contributed by atoms with Crippen LogP contribution in [0.1, 0.15) is 34.4 Å². The highest BCUT2D eigenvalue weighted by molar-refractivity contribution is 6.04. The van der Waals surface area contributed by atoms with Gasteiger partial charge < -0.3 is 14.9 Å². The molecule has 3 aromatic rings. The Hall–Kier alpha value is -4.02. The summed E-state index contributed by atoms with van der Waals surface area (Å²) in [5.74, 6) is -0.385. The summed E-state index contributed by atoms with van der Waals surface area (Å²) in [4.78, 5) is 50.8. The van der Waals surface area contributed by atoms with E-state index in [-0.39, 0.29) is 35.7 Å². The van der Waals surface area contributed by atoms with E-state index in [2.05, 4.69) is 15.4 Å². The van der Waals surface area contributed by atoms with E-state index in [1.54, 1.807) is 47.8 Å². The summed E-state index contributed by atoms with van der Waals surface area (Å²) in [7, 11) is 3.39. The van der Waals surface area contributed by atoms with E-state index in [9.17, 15) is 14.4 Å². The molecule has 33 heavy (non-hydrogen) atoms. The molecule has 0 saturated carbocycles. The second-order valence-electron chi connectivity index (χ2n) is 8.34. The number of nitrogens with zero attached hydrogens (tertiary/aromatic N) is 5. The molecule has 1 saturated heterocycles. The largest absolute Gasteiger partial charge is 0.483 e. The molecule has 4 heterocycles. The average molecular weight is 452 g/mol. The number of amides is 2. The predicted octanol–water partition coefficient (Wildman–Crippen LogP) is 0.709. The topological polar surface area (TPSA) is 141 Å². The number of pyridine rings is 1. The number of likely N-dealkylation sites (tertiary alicyclic amines) is 1. The Morgan fingerprint density at radius 3 is 2.61 bits per heavy atom. The molecule has 2 N–H and O–H groups in total. The highest BCUT2D eigenvalue weighted by Gasteiger charge is 2.45. The molecule has 2 aromatic heterocycles. The van der Waals surface area contributed by atoms with Crippen LogP contribution in [-0.4, -0.2) is 80.4 Å². The number of carbonyl (C=O) groups is 3. The summed E-state index contributed by atoms with van der Waals surface area (Å²) < 4.78 is 1.64. The molecule has 0 aliphatic carbocycles. The highest BCUT2D eigenvalue weighted by atomic mass is 16.3. The summed E-state index contributed by atoms with van der Waals surface area (Å²) in [6, 6.07) is 9.84. The van der Waals surface area contributed by atoms with E-state index in [4.69, 9.17) is 9.90 Å². The summed E-state index contributed by atoms with van der Waals surface area (Å²) >= 11 is 0. The maximum Gasteiger partial charge on any atom is 0.290 e. The number of piperidine rings is 1. The van der Waals surface area contributed by atoms with E-state index in [0.29, 0.717) is 29.7 Å². The standard InChI is InChI=1S/C21H22N6O3.CH2O2/c1-25(2)21(30)19-13-9-12(16-7-4-8-17(28)27(16)19)10-26(11-13)20(29)14-5-3-6-15-18(14)23-24-22-15;2-1-3/h3-8,12-13,19H,9-11H2,1-2H3,(H,22,23,24);1H,(H,2,3)/t12-,13+,19-;/m1./s1. The summed E-state index contributed by atoms with van der Waals surface area (Å²) in [6.07, 6.45) is 0.769. The number of rotatable bonds is 2. The zero-order chi connectivity index (χ0) is 23.7. The van der Waals surface area contributed by atoms with Gasteiger partial charge in [-0.1, -0.05) is 12.1 Å². The fourth-order valence-corrected chi connectivity index (χ4v) is 4.89. The Labute approximate surface area is 188 Å². The van der Waals surface area contributed by atoms with Crippen molar-refractivity contribution in [1.29, 1.82) is 0 Å². The van der Waals surface area contributed by atoms with Crippen molar-refractivity contribution in [2.75, 3.05) is 27.2 Å². The number of likely N-dealkylation sites (N-methyl/N-ethyl adjacent to an activating group) is 1. The second kappa shape index (κ2) is 8.85. The Morgan fingerprint density at radius 2 is 1.88 bits per heavy atom. The molecule has 1 fully saturated rings. The van der Waals surface area contributed by atoms with Crippen molar-refractivity contribution in [1.82, 2.24) is 29.8 Å². The van der Waals surface area contributed by atoms with E-state index >= 15 is 0 Å². The van der Waals surface area contributed by atoms with Gasteiger partial charge in [-0.3, -0.25) is 23.7 Å². The summed E-state index contributed by atoms with van der Waals surface area (Å²) in [5, 5.41) is 17.7. The van der Waals surface area contributed by atoms with Crippen LogP contribution in [0.25, 0.3) is 11.0 Å². The van der Waals surface area contributed by atoms with Gasteiger partial charge in [0.25, 0.3) is 17.9 Å². The van der Waals surface area contributed by atoms with Crippen molar-refractivity contribution >= 4 is 29.3 Å². The Morgan fingerprint density at radius 1 is 1.15 bits per heavy atom. The van der Waals surface area contributed by atoms with Crippen LogP contribution in [-0.2, 0) is 9.59 Å². The van der Waals surface area contributed by atoms with Gasteiger partial charge in [-0.05, 0) is 24.6 Å². The molecule has 0 spiro atoms.